The molecular formula is C20H18F2N4O. The largest absolute Gasteiger partial charge is 0.322 e. The van der Waals surface area contributed by atoms with Gasteiger partial charge in [-0.05, 0) is 43.2 Å². The molecule has 3 aromatic rings. The molecule has 7 heteroatoms. The highest BCUT2D eigenvalue weighted by molar-refractivity contribution is 6.04. The SMILES string of the molecule is O=C(Nc1cccc(-c2nnc3n2CCCCC3)c1)c1cc(F)ccc1F. The van der Waals surface area contributed by atoms with Crippen molar-refractivity contribution in [1.29, 1.82) is 0 Å². The number of aryl methyl sites for hydroxylation is 1. The number of hydrogen-bond donors (Lipinski definition) is 1. The van der Waals surface area contributed by atoms with Crippen LogP contribution < -0.4 is 5.32 Å². The summed E-state index contributed by atoms with van der Waals surface area (Å²) in [7, 11) is 0. The number of hydrogen-bond acceptors (Lipinski definition) is 3. The number of fused-ring (bicyclic) bond motifs is 1. The normalized spacial score (nSPS) is 13.7. The van der Waals surface area contributed by atoms with Gasteiger partial charge in [0.25, 0.3) is 5.91 Å². The molecule has 0 bridgehead atoms. The first-order chi connectivity index (χ1) is 13.1. The molecule has 1 amide bonds. The molecule has 0 fully saturated rings. The molecule has 1 N–H and O–H groups in total. The van der Waals surface area contributed by atoms with Crippen LogP contribution in [0.25, 0.3) is 11.4 Å². The molecule has 0 saturated carbocycles. The van der Waals surface area contributed by atoms with Crippen LogP contribution in [0.1, 0.15) is 35.4 Å². The van der Waals surface area contributed by atoms with E-state index in [0.29, 0.717) is 5.69 Å². The molecule has 2 heterocycles. The Morgan fingerprint density at radius 2 is 1.93 bits per heavy atom. The number of carbonyl (C=O) groups excluding carboxylic acids is 1. The van der Waals surface area contributed by atoms with Gasteiger partial charge in [-0.2, -0.15) is 0 Å². The monoisotopic (exact) mass is 368 g/mol. The smallest absolute Gasteiger partial charge is 0.258 e. The number of nitrogens with one attached hydrogen (secondary N) is 1. The van der Waals surface area contributed by atoms with Gasteiger partial charge in [-0.15, -0.1) is 10.2 Å². The van der Waals surface area contributed by atoms with E-state index in [4.69, 9.17) is 0 Å². The summed E-state index contributed by atoms with van der Waals surface area (Å²) in [5, 5.41) is 11.2. The first-order valence-corrected chi connectivity index (χ1v) is 8.91. The lowest BCUT2D eigenvalue weighted by atomic mass is 10.1. The topological polar surface area (TPSA) is 59.8 Å². The van der Waals surface area contributed by atoms with Gasteiger partial charge in [0.15, 0.2) is 5.82 Å². The summed E-state index contributed by atoms with van der Waals surface area (Å²) in [6.07, 6.45) is 4.25. The highest BCUT2D eigenvalue weighted by atomic mass is 19.1. The minimum absolute atomic E-state index is 0.336. The summed E-state index contributed by atoms with van der Waals surface area (Å²) in [5.41, 5.74) is 0.956. The molecule has 0 spiro atoms. The maximum atomic E-state index is 13.8. The molecule has 0 atom stereocenters. The summed E-state index contributed by atoms with van der Waals surface area (Å²) in [4.78, 5) is 12.3. The maximum Gasteiger partial charge on any atom is 0.258 e. The van der Waals surface area contributed by atoms with Gasteiger partial charge >= 0.3 is 0 Å². The molecule has 0 aliphatic carbocycles. The van der Waals surface area contributed by atoms with Crippen molar-refractivity contribution in [3.05, 3.63) is 65.5 Å². The predicted octanol–water partition coefficient (Wildman–Crippen LogP) is 4.20. The number of anilines is 1. The lowest BCUT2D eigenvalue weighted by Gasteiger charge is -2.10. The predicted molar refractivity (Wildman–Crippen MR) is 97.3 cm³/mol. The second-order valence-corrected chi connectivity index (χ2v) is 6.56. The molecule has 5 nitrogen and oxygen atoms in total. The Morgan fingerprint density at radius 3 is 2.81 bits per heavy atom. The number of halogens is 2. The van der Waals surface area contributed by atoms with Crippen LogP contribution in [0.2, 0.25) is 0 Å². The molecule has 0 unspecified atom stereocenters. The van der Waals surface area contributed by atoms with Crippen molar-refractivity contribution in [3.63, 3.8) is 0 Å². The first-order valence-electron chi connectivity index (χ1n) is 8.91. The van der Waals surface area contributed by atoms with Crippen molar-refractivity contribution in [2.24, 2.45) is 0 Å². The van der Waals surface area contributed by atoms with Gasteiger partial charge < -0.3 is 9.88 Å². The Balaban J connectivity index is 1.61. The number of carbonyl (C=O) groups is 1. The van der Waals surface area contributed by atoms with Crippen molar-refractivity contribution < 1.29 is 13.6 Å². The van der Waals surface area contributed by atoms with Crippen LogP contribution in [0, 0.1) is 11.6 Å². The van der Waals surface area contributed by atoms with Gasteiger partial charge in [0, 0.05) is 24.2 Å². The van der Waals surface area contributed by atoms with Crippen molar-refractivity contribution in [1.82, 2.24) is 14.8 Å². The van der Waals surface area contributed by atoms with Crippen LogP contribution in [0.15, 0.2) is 42.5 Å². The molecule has 1 aliphatic rings. The molecule has 0 radical (unpaired) electrons. The van der Waals surface area contributed by atoms with Crippen molar-refractivity contribution >= 4 is 11.6 Å². The Labute approximate surface area is 155 Å². The summed E-state index contributed by atoms with van der Waals surface area (Å²) >= 11 is 0. The van der Waals surface area contributed by atoms with Gasteiger partial charge in [-0.3, -0.25) is 4.79 Å². The van der Waals surface area contributed by atoms with Crippen LogP contribution in [0.3, 0.4) is 0 Å². The second kappa shape index (κ2) is 7.26. The number of benzene rings is 2. The summed E-state index contributed by atoms with van der Waals surface area (Å²) in [5.74, 6) is -0.419. The summed E-state index contributed by atoms with van der Waals surface area (Å²) in [6, 6.07) is 9.92. The van der Waals surface area contributed by atoms with Crippen LogP contribution in [-0.2, 0) is 13.0 Å². The minimum Gasteiger partial charge on any atom is -0.322 e. The molecular weight excluding hydrogens is 350 g/mol. The Bertz CT molecular complexity index is 999. The minimum atomic E-state index is -0.771. The third-order valence-electron chi connectivity index (χ3n) is 4.66. The Kier molecular flexibility index (Phi) is 4.66. The third-order valence-corrected chi connectivity index (χ3v) is 4.66. The molecule has 138 valence electrons. The van der Waals surface area contributed by atoms with E-state index in [9.17, 15) is 13.6 Å². The average molecular weight is 368 g/mol. The Hall–Kier alpha value is -3.09. The molecule has 1 aromatic heterocycles. The fourth-order valence-corrected chi connectivity index (χ4v) is 3.30. The summed E-state index contributed by atoms with van der Waals surface area (Å²) in [6.45, 7) is 0.864. The number of amides is 1. The molecule has 4 rings (SSSR count). The highest BCUT2D eigenvalue weighted by Gasteiger charge is 2.17. The maximum absolute atomic E-state index is 13.8. The molecule has 2 aromatic carbocycles. The van der Waals surface area contributed by atoms with E-state index in [1.165, 1.54) is 0 Å². The lowest BCUT2D eigenvalue weighted by molar-refractivity contribution is 0.102. The fraction of sp³-hybridized carbons (Fsp3) is 0.250. The summed E-state index contributed by atoms with van der Waals surface area (Å²) < 4.78 is 29.2. The first kappa shape index (κ1) is 17.3. The van der Waals surface area contributed by atoms with Gasteiger partial charge in [0.2, 0.25) is 0 Å². The van der Waals surface area contributed by atoms with Crippen molar-refractivity contribution in [3.8, 4) is 11.4 Å². The van der Waals surface area contributed by atoms with Crippen LogP contribution in [0.5, 0.6) is 0 Å². The van der Waals surface area contributed by atoms with E-state index >= 15 is 0 Å². The number of aromatic nitrogens is 3. The van der Waals surface area contributed by atoms with Crippen LogP contribution in [0.4, 0.5) is 14.5 Å². The van der Waals surface area contributed by atoms with Crippen molar-refractivity contribution in [2.45, 2.75) is 32.2 Å². The van der Waals surface area contributed by atoms with Gasteiger partial charge in [-0.1, -0.05) is 18.6 Å². The zero-order valence-corrected chi connectivity index (χ0v) is 14.6. The van der Waals surface area contributed by atoms with Crippen molar-refractivity contribution in [2.75, 3.05) is 5.32 Å². The molecule has 27 heavy (non-hydrogen) atoms. The highest BCUT2D eigenvalue weighted by Crippen LogP contribution is 2.25. The van der Waals surface area contributed by atoms with Gasteiger partial charge in [0.05, 0.1) is 5.56 Å². The van der Waals surface area contributed by atoms with Crippen LogP contribution >= 0.6 is 0 Å². The number of rotatable bonds is 3. The number of nitrogens with zero attached hydrogens (tertiary/aromatic N) is 3. The third kappa shape index (κ3) is 3.58. The lowest BCUT2D eigenvalue weighted by Crippen LogP contribution is -2.14. The Morgan fingerprint density at radius 1 is 1.04 bits per heavy atom. The van der Waals surface area contributed by atoms with E-state index in [1.54, 1.807) is 18.2 Å². The molecule has 0 saturated heterocycles. The van der Waals surface area contributed by atoms with E-state index < -0.39 is 17.5 Å². The van der Waals surface area contributed by atoms with Crippen LogP contribution in [-0.4, -0.2) is 20.7 Å². The fourth-order valence-electron chi connectivity index (χ4n) is 3.30. The van der Waals surface area contributed by atoms with E-state index in [1.807, 2.05) is 6.07 Å². The van der Waals surface area contributed by atoms with Gasteiger partial charge in [-0.25, -0.2) is 8.78 Å². The van der Waals surface area contributed by atoms with E-state index in [0.717, 1.165) is 67.6 Å². The van der Waals surface area contributed by atoms with E-state index in [-0.39, 0.29) is 5.56 Å². The molecule has 1 aliphatic heterocycles. The van der Waals surface area contributed by atoms with E-state index in [2.05, 4.69) is 20.1 Å². The quantitative estimate of drug-likeness (QED) is 0.754. The van der Waals surface area contributed by atoms with Gasteiger partial charge in [0.1, 0.15) is 17.5 Å². The second-order valence-electron chi connectivity index (χ2n) is 6.56. The standard InChI is InChI=1S/C20H18F2N4O/c21-14-8-9-17(22)16(12-14)20(27)23-15-6-4-5-13(11-15)19-25-24-18-7-2-1-3-10-26(18)19/h4-6,8-9,11-12H,1-3,7,10H2,(H,23,27). The average Bonchev–Trinajstić information content (AvgIpc) is 2.92. The zero-order valence-electron chi connectivity index (χ0n) is 14.6. The zero-order chi connectivity index (χ0) is 18.8.